The van der Waals surface area contributed by atoms with Crippen LogP contribution in [0, 0.1) is 11.8 Å². The van der Waals surface area contributed by atoms with Gasteiger partial charge in [0.2, 0.25) is 0 Å². The summed E-state index contributed by atoms with van der Waals surface area (Å²) in [4.78, 5) is 15.6. The number of rotatable bonds is 1. The Morgan fingerprint density at radius 1 is 1.18 bits per heavy atom. The molecule has 2 heterocycles. The zero-order valence-electron chi connectivity index (χ0n) is 22.7. The second kappa shape index (κ2) is 10.9. The topological polar surface area (TPSA) is 67.9 Å². The molecule has 6 atom stereocenters. The van der Waals surface area contributed by atoms with Gasteiger partial charge in [0.05, 0.1) is 23.6 Å². The van der Waals surface area contributed by atoms with Crippen molar-refractivity contribution in [3.63, 3.8) is 0 Å². The molecule has 39 heavy (non-hydrogen) atoms. The number of amides is 1. The highest BCUT2D eigenvalue weighted by molar-refractivity contribution is 7.84. The largest absolute Gasteiger partial charge is 0.490 e. The predicted octanol–water partition coefficient (Wildman–Crippen LogP) is 5.60. The number of hydrogen-bond acceptors (Lipinski definition) is 5. The van der Waals surface area contributed by atoms with Gasteiger partial charge in [-0.1, -0.05) is 29.8 Å². The lowest BCUT2D eigenvalue weighted by molar-refractivity contribution is 0.0132. The zero-order valence-corrected chi connectivity index (χ0v) is 24.2. The Kier molecular flexibility index (Phi) is 7.51. The molecule has 1 spiro atoms. The van der Waals surface area contributed by atoms with Crippen molar-refractivity contribution in [2.75, 3.05) is 31.7 Å². The number of hydrogen-bond donors (Lipinski definition) is 1. The van der Waals surface area contributed by atoms with Gasteiger partial charge in [0.15, 0.2) is 0 Å². The van der Waals surface area contributed by atoms with E-state index < -0.39 is 11.0 Å². The molecular formula is C31H37ClN2O4S. The van der Waals surface area contributed by atoms with Crippen molar-refractivity contribution in [3.8, 4) is 5.75 Å². The average Bonchev–Trinajstić information content (AvgIpc) is 3.17. The van der Waals surface area contributed by atoms with Crippen LogP contribution in [0.1, 0.15) is 60.5 Å². The van der Waals surface area contributed by atoms with E-state index in [-0.39, 0.29) is 22.7 Å². The summed E-state index contributed by atoms with van der Waals surface area (Å²) in [5.41, 5.74) is 3.90. The third-order valence-corrected chi connectivity index (χ3v) is 10.9. The second-order valence-electron chi connectivity index (χ2n) is 11.7. The van der Waals surface area contributed by atoms with Crippen LogP contribution in [-0.4, -0.2) is 48.3 Å². The molecule has 208 valence electrons. The third kappa shape index (κ3) is 5.14. The molecule has 0 saturated heterocycles. The first-order chi connectivity index (χ1) is 18.9. The summed E-state index contributed by atoms with van der Waals surface area (Å²) < 4.78 is 28.1. The van der Waals surface area contributed by atoms with E-state index in [1.54, 1.807) is 13.2 Å². The standard InChI is InChI=1S/C31H37ClN2O4S/c1-20-5-3-4-6-28(37-2)25-10-7-23(25)17-34-18-31(14-13-21-15-24(32)9-11-26(21)31)19-38-29-12-8-22(16-27(29)34)30(35)33-39(20)36/h4,6,8-9,11-12,15-16,20,23,25,28H,3,5,7,10,13-14,17-19H2,1-2H3,(H,33,35)/b6-4+. The molecule has 6 unspecified atom stereocenters. The molecule has 1 N–H and O–H groups in total. The van der Waals surface area contributed by atoms with E-state index in [0.29, 0.717) is 24.0 Å². The number of aryl methyl sites for hydroxylation is 1. The van der Waals surface area contributed by atoms with Crippen LogP contribution in [-0.2, 0) is 27.6 Å². The Labute approximate surface area is 238 Å². The van der Waals surface area contributed by atoms with Crippen LogP contribution >= 0.6 is 11.6 Å². The SMILES string of the molecule is COC1/C=C/CCC(C)S(=O)NC(=O)c2ccc3c(c2)N(CC2CCC21)CC1(CCc2cc(Cl)ccc21)CO3. The second-order valence-corrected chi connectivity index (χ2v) is 13.7. The van der Waals surface area contributed by atoms with Crippen molar-refractivity contribution < 1.29 is 18.5 Å². The monoisotopic (exact) mass is 568 g/mol. The molecule has 2 aromatic carbocycles. The first-order valence-corrected chi connectivity index (χ1v) is 15.7. The summed E-state index contributed by atoms with van der Waals surface area (Å²) in [5, 5.41) is 0.618. The molecule has 1 saturated carbocycles. The fraction of sp³-hybridized carbons (Fsp3) is 0.516. The summed E-state index contributed by atoms with van der Waals surface area (Å²) in [6.45, 7) is 4.17. The maximum atomic E-state index is 13.2. The lowest BCUT2D eigenvalue weighted by Gasteiger charge is -2.44. The lowest BCUT2D eigenvalue weighted by atomic mass is 9.69. The fourth-order valence-electron chi connectivity index (χ4n) is 6.86. The van der Waals surface area contributed by atoms with Gasteiger partial charge in [0.1, 0.15) is 16.7 Å². The number of carbonyl (C=O) groups excluding carboxylic acids is 1. The number of allylic oxidation sites excluding steroid dienone is 1. The van der Waals surface area contributed by atoms with Gasteiger partial charge in [0, 0.05) is 36.2 Å². The number of ether oxygens (including phenoxy) is 2. The van der Waals surface area contributed by atoms with E-state index >= 15 is 0 Å². The van der Waals surface area contributed by atoms with Crippen molar-refractivity contribution in [2.24, 2.45) is 11.8 Å². The highest BCUT2D eigenvalue weighted by atomic mass is 35.5. The first kappa shape index (κ1) is 26.9. The van der Waals surface area contributed by atoms with Crippen LogP contribution in [0.15, 0.2) is 48.6 Å². The van der Waals surface area contributed by atoms with E-state index in [1.165, 1.54) is 11.1 Å². The average molecular weight is 569 g/mol. The van der Waals surface area contributed by atoms with Gasteiger partial charge in [-0.15, -0.1) is 0 Å². The van der Waals surface area contributed by atoms with Crippen molar-refractivity contribution in [2.45, 2.75) is 62.2 Å². The number of nitrogens with zero attached hydrogens (tertiary/aromatic N) is 1. The van der Waals surface area contributed by atoms with Gasteiger partial charge < -0.3 is 14.4 Å². The van der Waals surface area contributed by atoms with Crippen molar-refractivity contribution in [3.05, 3.63) is 70.3 Å². The molecule has 0 aromatic heterocycles. The van der Waals surface area contributed by atoms with Gasteiger partial charge in [-0.2, -0.15) is 0 Å². The molecule has 6 nitrogen and oxygen atoms in total. The minimum atomic E-state index is -1.47. The predicted molar refractivity (Wildman–Crippen MR) is 156 cm³/mol. The maximum Gasteiger partial charge on any atom is 0.263 e. The molecule has 2 bridgehead atoms. The number of carbonyl (C=O) groups is 1. The Morgan fingerprint density at radius 3 is 2.85 bits per heavy atom. The van der Waals surface area contributed by atoms with Crippen LogP contribution in [0.3, 0.4) is 0 Å². The number of fused-ring (bicyclic) bond motifs is 4. The normalized spacial score (nSPS) is 33.3. The van der Waals surface area contributed by atoms with Gasteiger partial charge in [-0.3, -0.25) is 9.52 Å². The molecule has 2 aliphatic heterocycles. The zero-order chi connectivity index (χ0) is 27.1. The Bertz CT molecular complexity index is 1320. The van der Waals surface area contributed by atoms with Gasteiger partial charge >= 0.3 is 0 Å². The number of methoxy groups -OCH3 is 1. The first-order valence-electron chi connectivity index (χ1n) is 14.1. The minimum Gasteiger partial charge on any atom is -0.490 e. The Balaban J connectivity index is 1.40. The van der Waals surface area contributed by atoms with E-state index in [1.807, 2.05) is 25.1 Å². The fourth-order valence-corrected chi connectivity index (χ4v) is 7.91. The molecule has 6 rings (SSSR count). The Hall–Kier alpha value is -2.35. The van der Waals surface area contributed by atoms with Crippen LogP contribution in [0.2, 0.25) is 5.02 Å². The number of anilines is 1. The molecule has 4 aliphatic rings. The number of nitrogens with one attached hydrogen (secondary N) is 1. The smallest absolute Gasteiger partial charge is 0.263 e. The van der Waals surface area contributed by atoms with Crippen LogP contribution < -0.4 is 14.4 Å². The highest BCUT2D eigenvalue weighted by Crippen LogP contribution is 2.47. The van der Waals surface area contributed by atoms with E-state index in [0.717, 1.165) is 68.1 Å². The molecule has 1 fully saturated rings. The Morgan fingerprint density at radius 2 is 2.05 bits per heavy atom. The summed E-state index contributed by atoms with van der Waals surface area (Å²) in [6, 6.07) is 11.9. The molecule has 8 heteroatoms. The van der Waals surface area contributed by atoms with Crippen molar-refractivity contribution in [1.29, 1.82) is 0 Å². The number of halogens is 1. The molecule has 1 amide bonds. The third-order valence-electron chi connectivity index (χ3n) is 9.32. The minimum absolute atomic E-state index is 0.0644. The van der Waals surface area contributed by atoms with Crippen molar-refractivity contribution >= 4 is 34.2 Å². The summed E-state index contributed by atoms with van der Waals surface area (Å²) >= 11 is 6.35. The summed E-state index contributed by atoms with van der Waals surface area (Å²) in [7, 11) is 0.330. The molecule has 2 aromatic rings. The van der Waals surface area contributed by atoms with Crippen LogP contribution in [0.4, 0.5) is 5.69 Å². The van der Waals surface area contributed by atoms with Crippen LogP contribution in [0.25, 0.3) is 0 Å². The van der Waals surface area contributed by atoms with Crippen molar-refractivity contribution in [1.82, 2.24) is 4.72 Å². The van der Waals surface area contributed by atoms with E-state index in [4.69, 9.17) is 21.1 Å². The number of benzene rings is 2. The molecule has 2 aliphatic carbocycles. The van der Waals surface area contributed by atoms with Crippen LogP contribution in [0.5, 0.6) is 5.75 Å². The van der Waals surface area contributed by atoms with Gasteiger partial charge in [-0.05, 0) is 98.7 Å². The highest BCUT2D eigenvalue weighted by Gasteiger charge is 2.45. The van der Waals surface area contributed by atoms with E-state index in [2.05, 4.69) is 33.9 Å². The molecule has 0 radical (unpaired) electrons. The summed E-state index contributed by atoms with van der Waals surface area (Å²) in [6.07, 6.45) is 10.2. The lowest BCUT2D eigenvalue weighted by Crippen LogP contribution is -2.48. The summed E-state index contributed by atoms with van der Waals surface area (Å²) in [5.74, 6) is 1.40. The molecular weight excluding hydrogens is 532 g/mol. The maximum absolute atomic E-state index is 13.2. The van der Waals surface area contributed by atoms with E-state index in [9.17, 15) is 9.00 Å². The van der Waals surface area contributed by atoms with Gasteiger partial charge in [0.25, 0.3) is 5.91 Å². The quantitative estimate of drug-likeness (QED) is 0.454. The van der Waals surface area contributed by atoms with Gasteiger partial charge in [-0.25, -0.2) is 4.21 Å².